The van der Waals surface area contributed by atoms with Crippen LogP contribution >= 0.6 is 0 Å². The number of rotatable bonds is 3. The van der Waals surface area contributed by atoms with Crippen molar-refractivity contribution in [1.29, 1.82) is 0 Å². The average molecular weight is 415 g/mol. The maximum Gasteiger partial charge on any atom is 0.258 e. The molecule has 3 heterocycles. The third-order valence-electron chi connectivity index (χ3n) is 6.68. The van der Waals surface area contributed by atoms with Crippen LogP contribution in [0, 0.1) is 5.92 Å². The highest BCUT2D eigenvalue weighted by Gasteiger charge is 2.43. The van der Waals surface area contributed by atoms with E-state index in [4.69, 9.17) is 10.5 Å². The summed E-state index contributed by atoms with van der Waals surface area (Å²) in [6.45, 7) is 3.19. The fraction of sp³-hybridized carbons (Fsp3) is 0.591. The van der Waals surface area contributed by atoms with Crippen LogP contribution in [0.25, 0.3) is 0 Å². The van der Waals surface area contributed by atoms with E-state index in [0.717, 1.165) is 25.9 Å². The first-order chi connectivity index (χ1) is 14.4. The van der Waals surface area contributed by atoms with Gasteiger partial charge >= 0.3 is 0 Å². The molecule has 1 aromatic carbocycles. The standard InChI is InChI=1S/C22H30N4O4/c1-24-12-8-22(9-13-24)15-26(21(29)17-4-2-3-5-18(17)30-22)14-19(27)25-10-6-16(7-11-25)20(23)28/h2-5,16H,6-15H2,1H3,(H2,23,28). The number of nitrogens with two attached hydrogens (primary N) is 1. The van der Waals surface area contributed by atoms with Crippen molar-refractivity contribution in [3.8, 4) is 5.75 Å². The molecule has 0 atom stereocenters. The minimum absolute atomic E-state index is 0.0232. The number of likely N-dealkylation sites (tertiary alicyclic amines) is 2. The molecule has 30 heavy (non-hydrogen) atoms. The number of benzene rings is 1. The molecule has 4 rings (SSSR count). The Morgan fingerprint density at radius 3 is 2.47 bits per heavy atom. The Morgan fingerprint density at radius 2 is 1.80 bits per heavy atom. The van der Waals surface area contributed by atoms with Gasteiger partial charge in [0.05, 0.1) is 12.1 Å². The van der Waals surface area contributed by atoms with Gasteiger partial charge in [-0.05, 0) is 32.0 Å². The molecule has 0 bridgehead atoms. The molecule has 3 amide bonds. The number of fused-ring (bicyclic) bond motifs is 1. The Labute approximate surface area is 176 Å². The van der Waals surface area contributed by atoms with Gasteiger partial charge in [0.25, 0.3) is 5.91 Å². The smallest absolute Gasteiger partial charge is 0.258 e. The van der Waals surface area contributed by atoms with Crippen LogP contribution < -0.4 is 10.5 Å². The SMILES string of the molecule is CN1CCC2(CC1)CN(CC(=O)N1CCC(C(N)=O)CC1)C(=O)c1ccccc1O2. The molecule has 2 fully saturated rings. The van der Waals surface area contributed by atoms with Crippen LogP contribution in [0.15, 0.2) is 24.3 Å². The van der Waals surface area contributed by atoms with E-state index in [-0.39, 0.29) is 30.2 Å². The third kappa shape index (κ3) is 4.14. The van der Waals surface area contributed by atoms with Crippen LogP contribution in [0.5, 0.6) is 5.75 Å². The highest BCUT2D eigenvalue weighted by molar-refractivity contribution is 5.99. The lowest BCUT2D eigenvalue weighted by molar-refractivity contribution is -0.136. The summed E-state index contributed by atoms with van der Waals surface area (Å²) in [4.78, 5) is 43.3. The normalized spacial score (nSPS) is 22.4. The van der Waals surface area contributed by atoms with Crippen molar-refractivity contribution in [2.24, 2.45) is 11.7 Å². The molecule has 0 saturated carbocycles. The Bertz CT molecular complexity index is 826. The first-order valence-corrected chi connectivity index (χ1v) is 10.7. The molecular weight excluding hydrogens is 384 g/mol. The Balaban J connectivity index is 1.52. The van der Waals surface area contributed by atoms with Gasteiger partial charge in [0.1, 0.15) is 17.9 Å². The van der Waals surface area contributed by atoms with Crippen LogP contribution in [-0.2, 0) is 9.59 Å². The van der Waals surface area contributed by atoms with Crippen molar-refractivity contribution < 1.29 is 19.1 Å². The predicted molar refractivity (Wildman–Crippen MR) is 111 cm³/mol. The number of carbonyl (C=O) groups excluding carboxylic acids is 3. The van der Waals surface area contributed by atoms with Gasteiger partial charge in [-0.3, -0.25) is 14.4 Å². The summed E-state index contributed by atoms with van der Waals surface area (Å²) in [5.74, 6) is -0.126. The van der Waals surface area contributed by atoms with Crippen molar-refractivity contribution in [2.75, 3.05) is 46.3 Å². The summed E-state index contributed by atoms with van der Waals surface area (Å²) in [7, 11) is 2.08. The number of amides is 3. The highest BCUT2D eigenvalue weighted by atomic mass is 16.5. The van der Waals surface area contributed by atoms with Crippen molar-refractivity contribution in [2.45, 2.75) is 31.3 Å². The van der Waals surface area contributed by atoms with Gasteiger partial charge < -0.3 is 25.2 Å². The number of nitrogens with zero attached hydrogens (tertiary/aromatic N) is 3. The van der Waals surface area contributed by atoms with Crippen LogP contribution in [0.4, 0.5) is 0 Å². The maximum absolute atomic E-state index is 13.3. The van der Waals surface area contributed by atoms with Crippen molar-refractivity contribution >= 4 is 17.7 Å². The molecule has 0 radical (unpaired) electrons. The highest BCUT2D eigenvalue weighted by Crippen LogP contribution is 2.35. The number of piperidine rings is 2. The molecule has 3 aliphatic rings. The van der Waals surface area contributed by atoms with E-state index in [1.807, 2.05) is 18.2 Å². The third-order valence-corrected chi connectivity index (χ3v) is 6.68. The number of para-hydroxylation sites is 1. The molecule has 0 unspecified atom stereocenters. The molecule has 8 nitrogen and oxygen atoms in total. The molecule has 1 spiro atoms. The predicted octanol–water partition coefficient (Wildman–Crippen LogP) is 0.710. The van der Waals surface area contributed by atoms with Crippen LogP contribution in [-0.4, -0.2) is 84.3 Å². The number of carbonyl (C=O) groups is 3. The van der Waals surface area contributed by atoms with Crippen LogP contribution in [0.2, 0.25) is 0 Å². The lowest BCUT2D eigenvalue weighted by Crippen LogP contribution is -2.55. The monoisotopic (exact) mass is 414 g/mol. The summed E-state index contributed by atoms with van der Waals surface area (Å²) in [5.41, 5.74) is 5.42. The average Bonchev–Trinajstić information content (AvgIpc) is 2.85. The lowest BCUT2D eigenvalue weighted by Gasteiger charge is -2.42. The van der Waals surface area contributed by atoms with E-state index in [2.05, 4.69) is 11.9 Å². The Morgan fingerprint density at radius 1 is 1.13 bits per heavy atom. The Kier molecular flexibility index (Phi) is 5.69. The first kappa shape index (κ1) is 20.7. The van der Waals surface area contributed by atoms with Crippen LogP contribution in [0.3, 0.4) is 0 Å². The van der Waals surface area contributed by atoms with Crippen LogP contribution in [0.1, 0.15) is 36.0 Å². The second kappa shape index (κ2) is 8.26. The van der Waals surface area contributed by atoms with Gasteiger partial charge in [-0.2, -0.15) is 0 Å². The summed E-state index contributed by atoms with van der Waals surface area (Å²) in [6.07, 6.45) is 2.77. The summed E-state index contributed by atoms with van der Waals surface area (Å²) in [5, 5.41) is 0. The molecule has 2 N–H and O–H groups in total. The van der Waals surface area contributed by atoms with Crippen molar-refractivity contribution in [3.05, 3.63) is 29.8 Å². The van der Waals surface area contributed by atoms with Gasteiger partial charge in [-0.25, -0.2) is 0 Å². The summed E-state index contributed by atoms with van der Waals surface area (Å²) in [6, 6.07) is 7.30. The quantitative estimate of drug-likeness (QED) is 0.786. The molecule has 0 aliphatic carbocycles. The van der Waals surface area contributed by atoms with E-state index in [1.165, 1.54) is 0 Å². The molecule has 3 aliphatic heterocycles. The first-order valence-electron chi connectivity index (χ1n) is 10.7. The van der Waals surface area contributed by atoms with E-state index in [1.54, 1.807) is 15.9 Å². The zero-order valence-corrected chi connectivity index (χ0v) is 17.5. The minimum Gasteiger partial charge on any atom is -0.484 e. The fourth-order valence-electron chi connectivity index (χ4n) is 4.68. The summed E-state index contributed by atoms with van der Waals surface area (Å²) >= 11 is 0. The zero-order valence-electron chi connectivity index (χ0n) is 17.5. The largest absolute Gasteiger partial charge is 0.484 e. The van der Waals surface area contributed by atoms with E-state index < -0.39 is 5.60 Å². The van der Waals surface area contributed by atoms with Gasteiger partial charge in [0.2, 0.25) is 11.8 Å². The second-order valence-corrected chi connectivity index (χ2v) is 8.80. The molecule has 0 aromatic heterocycles. The minimum atomic E-state index is -0.478. The molecule has 2 saturated heterocycles. The molecular formula is C22H30N4O4. The Hall–Kier alpha value is -2.61. The maximum atomic E-state index is 13.3. The molecule has 162 valence electrons. The van der Waals surface area contributed by atoms with Crippen molar-refractivity contribution in [1.82, 2.24) is 14.7 Å². The van der Waals surface area contributed by atoms with Gasteiger partial charge in [-0.15, -0.1) is 0 Å². The number of hydrogen-bond donors (Lipinski definition) is 1. The van der Waals surface area contributed by atoms with Gasteiger partial charge in [-0.1, -0.05) is 12.1 Å². The zero-order chi connectivity index (χ0) is 21.3. The number of primary amides is 1. The van der Waals surface area contributed by atoms with E-state index >= 15 is 0 Å². The van der Waals surface area contributed by atoms with Gasteiger partial charge in [0.15, 0.2) is 0 Å². The lowest BCUT2D eigenvalue weighted by atomic mass is 9.90. The summed E-state index contributed by atoms with van der Waals surface area (Å²) < 4.78 is 6.44. The molecule has 1 aromatic rings. The number of ether oxygens (including phenoxy) is 1. The molecule has 8 heteroatoms. The van der Waals surface area contributed by atoms with Gasteiger partial charge in [0, 0.05) is 44.9 Å². The van der Waals surface area contributed by atoms with E-state index in [9.17, 15) is 14.4 Å². The number of hydrogen-bond acceptors (Lipinski definition) is 5. The topological polar surface area (TPSA) is 96.2 Å². The fourth-order valence-corrected chi connectivity index (χ4v) is 4.68. The van der Waals surface area contributed by atoms with Crippen molar-refractivity contribution in [3.63, 3.8) is 0 Å². The van der Waals surface area contributed by atoms with E-state index in [0.29, 0.717) is 43.8 Å². The second-order valence-electron chi connectivity index (χ2n) is 8.80.